The van der Waals surface area contributed by atoms with Crippen LogP contribution in [0.25, 0.3) is 11.3 Å². The van der Waals surface area contributed by atoms with Crippen LogP contribution >= 0.6 is 0 Å². The molecule has 0 saturated carbocycles. The first-order valence-corrected chi connectivity index (χ1v) is 20.1. The summed E-state index contributed by atoms with van der Waals surface area (Å²) in [6.07, 6.45) is 10.8. The standard InChI is InChI=1S/C42H53N9O2.CH2O2/c1-29-13-8-11-24-49(29)41-46-45-38-21-18-32(28-50(38)41)53-36-20-19-35(33-16-6-7-17-34(33)36)43-40(52)44-39-26-37(42(2,3)4)47-51(39)31-15-12-14-30(25-31)27-48-22-9-5-10-23-48;2-1-3/h6-7,12,14-18,21,25-26,28-29,35-36H,5,8-11,13,19-20,22-24,27H2,1-4H3,(H2,43,44,52);1H,(H,2,3)/t29-,35-,36+;/m0./s1. The summed E-state index contributed by atoms with van der Waals surface area (Å²) in [7, 11) is 0. The molecular formula is C43H55N9O4. The molecule has 2 saturated heterocycles. The second-order valence-electron chi connectivity index (χ2n) is 16.3. The van der Waals surface area contributed by atoms with Crippen molar-refractivity contribution in [3.05, 3.63) is 95.3 Å². The van der Waals surface area contributed by atoms with Crippen LogP contribution < -0.4 is 20.3 Å². The van der Waals surface area contributed by atoms with Crippen molar-refractivity contribution < 1.29 is 19.4 Å². The molecule has 0 spiro atoms. The van der Waals surface area contributed by atoms with Gasteiger partial charge >= 0.3 is 6.03 Å². The van der Waals surface area contributed by atoms with Gasteiger partial charge in [-0.3, -0.25) is 19.4 Å². The van der Waals surface area contributed by atoms with E-state index in [1.54, 1.807) is 0 Å². The van der Waals surface area contributed by atoms with E-state index in [-0.39, 0.29) is 30.1 Å². The molecule has 3 N–H and O–H groups in total. The first kappa shape index (κ1) is 38.8. The molecule has 2 aliphatic heterocycles. The van der Waals surface area contributed by atoms with Crippen LogP contribution in [0.15, 0.2) is 72.9 Å². The molecule has 2 aromatic carbocycles. The topological polar surface area (TPSA) is 142 Å². The number of nitrogens with zero attached hydrogens (tertiary/aromatic N) is 7. The summed E-state index contributed by atoms with van der Waals surface area (Å²) in [4.78, 5) is 27.0. The Labute approximate surface area is 329 Å². The number of ether oxygens (including phenoxy) is 1. The summed E-state index contributed by atoms with van der Waals surface area (Å²) < 4.78 is 10.6. The van der Waals surface area contributed by atoms with Gasteiger partial charge in [0.1, 0.15) is 17.7 Å². The van der Waals surface area contributed by atoms with Crippen LogP contribution in [0.5, 0.6) is 5.75 Å². The average Bonchev–Trinajstić information content (AvgIpc) is 3.81. The lowest BCUT2D eigenvalue weighted by Crippen LogP contribution is -2.38. The summed E-state index contributed by atoms with van der Waals surface area (Å²) in [5.41, 5.74) is 5.89. The Hall–Kier alpha value is -5.43. The van der Waals surface area contributed by atoms with Crippen molar-refractivity contribution in [1.29, 1.82) is 0 Å². The first-order chi connectivity index (χ1) is 27.1. The maximum absolute atomic E-state index is 13.8. The number of fused-ring (bicyclic) bond motifs is 2. The highest BCUT2D eigenvalue weighted by Crippen LogP contribution is 2.39. The van der Waals surface area contributed by atoms with Gasteiger partial charge in [0.2, 0.25) is 5.95 Å². The van der Waals surface area contributed by atoms with Gasteiger partial charge < -0.3 is 20.1 Å². The molecule has 2 amide bonds. The molecule has 5 aromatic rings. The Kier molecular flexibility index (Phi) is 11.9. The lowest BCUT2D eigenvalue weighted by molar-refractivity contribution is -0.122. The summed E-state index contributed by atoms with van der Waals surface area (Å²) in [6.45, 7) is 12.6. The van der Waals surface area contributed by atoms with Gasteiger partial charge in [-0.2, -0.15) is 5.10 Å². The van der Waals surface area contributed by atoms with Gasteiger partial charge in [-0.1, -0.05) is 63.6 Å². The monoisotopic (exact) mass is 761 g/mol. The number of carbonyl (C=O) groups is 2. The van der Waals surface area contributed by atoms with Gasteiger partial charge in [-0.25, -0.2) is 9.48 Å². The van der Waals surface area contributed by atoms with Gasteiger partial charge in [-0.05, 0) is 106 Å². The van der Waals surface area contributed by atoms with Gasteiger partial charge in [0, 0.05) is 30.6 Å². The largest absolute Gasteiger partial charge is 0.484 e. The lowest BCUT2D eigenvalue weighted by Gasteiger charge is -2.33. The van der Waals surface area contributed by atoms with E-state index in [1.807, 2.05) is 41.2 Å². The number of aromatic nitrogens is 5. The number of carboxylic acid groups (broad SMARTS) is 1. The van der Waals surface area contributed by atoms with E-state index in [4.69, 9.17) is 19.7 Å². The van der Waals surface area contributed by atoms with E-state index in [9.17, 15) is 4.79 Å². The summed E-state index contributed by atoms with van der Waals surface area (Å²) in [5, 5.41) is 27.4. The van der Waals surface area contributed by atoms with Crippen molar-refractivity contribution in [2.75, 3.05) is 29.9 Å². The van der Waals surface area contributed by atoms with Crippen LogP contribution in [0.2, 0.25) is 0 Å². The van der Waals surface area contributed by atoms with E-state index in [0.29, 0.717) is 11.9 Å². The van der Waals surface area contributed by atoms with Crippen molar-refractivity contribution in [2.24, 2.45) is 0 Å². The zero-order chi connectivity index (χ0) is 39.2. The smallest absolute Gasteiger partial charge is 0.320 e. The zero-order valence-electron chi connectivity index (χ0n) is 33.0. The minimum Gasteiger partial charge on any atom is -0.484 e. The quantitative estimate of drug-likeness (QED) is 0.134. The fraction of sp³-hybridized carbons (Fsp3) is 0.465. The van der Waals surface area contributed by atoms with Crippen LogP contribution in [0.3, 0.4) is 0 Å². The number of carbonyl (C=O) groups excluding carboxylic acids is 1. The molecule has 5 heterocycles. The highest BCUT2D eigenvalue weighted by Gasteiger charge is 2.31. The molecule has 0 radical (unpaired) electrons. The fourth-order valence-corrected chi connectivity index (χ4v) is 8.21. The van der Waals surface area contributed by atoms with Crippen LogP contribution in [-0.4, -0.2) is 72.6 Å². The SMILES string of the molecule is C[C@H]1CCCCN1c1nnc2ccc(O[C@@H]3CC[C@H](NC(=O)Nc4cc(C(C)(C)C)nn4-c4cccc(CN5CCCCC5)c4)c4ccccc43)cn12.O=CO. The van der Waals surface area contributed by atoms with Crippen molar-refractivity contribution in [3.63, 3.8) is 0 Å². The number of likely N-dealkylation sites (tertiary alicyclic amines) is 1. The van der Waals surface area contributed by atoms with Gasteiger partial charge in [0.15, 0.2) is 5.65 Å². The molecule has 3 atom stereocenters. The number of hydrogen-bond donors (Lipinski definition) is 3. The van der Waals surface area contributed by atoms with Crippen molar-refractivity contribution in [3.8, 4) is 11.4 Å². The van der Waals surface area contributed by atoms with Gasteiger partial charge in [-0.15, -0.1) is 10.2 Å². The molecular weight excluding hydrogens is 707 g/mol. The zero-order valence-corrected chi connectivity index (χ0v) is 33.0. The Bertz CT molecular complexity index is 2120. The average molecular weight is 762 g/mol. The maximum Gasteiger partial charge on any atom is 0.320 e. The van der Waals surface area contributed by atoms with Gasteiger partial charge in [0.25, 0.3) is 6.47 Å². The molecule has 2 fully saturated rings. The molecule has 0 unspecified atom stereocenters. The molecule has 3 aliphatic rings. The second kappa shape index (κ2) is 17.2. The second-order valence-corrected chi connectivity index (χ2v) is 16.3. The minimum atomic E-state index is -0.257. The number of hydrogen-bond acceptors (Lipinski definition) is 8. The number of piperidine rings is 2. The Morgan fingerprint density at radius 1 is 0.911 bits per heavy atom. The molecule has 56 heavy (non-hydrogen) atoms. The van der Waals surface area contributed by atoms with E-state index in [0.717, 1.165) is 91.7 Å². The van der Waals surface area contributed by atoms with Crippen molar-refractivity contribution in [1.82, 2.24) is 34.6 Å². The highest BCUT2D eigenvalue weighted by atomic mass is 16.5. The number of anilines is 2. The van der Waals surface area contributed by atoms with E-state index in [2.05, 4.69) is 99.1 Å². The van der Waals surface area contributed by atoms with Crippen LogP contribution in [0.4, 0.5) is 16.6 Å². The van der Waals surface area contributed by atoms with E-state index in [1.165, 1.54) is 31.2 Å². The normalized spacial score (nSPS) is 20.1. The molecule has 13 heteroatoms. The molecule has 3 aromatic heterocycles. The minimum absolute atomic E-state index is 0.147. The summed E-state index contributed by atoms with van der Waals surface area (Å²) >= 11 is 0. The fourth-order valence-electron chi connectivity index (χ4n) is 8.21. The Balaban J connectivity index is 0.00000155. The van der Waals surface area contributed by atoms with Crippen LogP contribution in [-0.2, 0) is 16.8 Å². The Morgan fingerprint density at radius 2 is 1.68 bits per heavy atom. The highest BCUT2D eigenvalue weighted by molar-refractivity contribution is 5.89. The third kappa shape index (κ3) is 8.83. The molecule has 13 nitrogen and oxygen atoms in total. The Morgan fingerprint density at radius 3 is 2.45 bits per heavy atom. The van der Waals surface area contributed by atoms with Crippen LogP contribution in [0.1, 0.15) is 114 Å². The number of benzene rings is 2. The van der Waals surface area contributed by atoms with Crippen molar-refractivity contribution in [2.45, 2.75) is 109 Å². The predicted molar refractivity (Wildman–Crippen MR) is 218 cm³/mol. The maximum atomic E-state index is 13.8. The van der Waals surface area contributed by atoms with Gasteiger partial charge in [0.05, 0.1) is 23.6 Å². The third-order valence-electron chi connectivity index (χ3n) is 11.2. The number of pyridine rings is 1. The number of nitrogens with one attached hydrogen (secondary N) is 2. The molecule has 0 bridgehead atoms. The third-order valence-corrected chi connectivity index (χ3v) is 11.2. The summed E-state index contributed by atoms with van der Waals surface area (Å²) in [6, 6.07) is 22.8. The van der Waals surface area contributed by atoms with Crippen LogP contribution in [0, 0.1) is 0 Å². The lowest BCUT2D eigenvalue weighted by atomic mass is 9.85. The number of rotatable bonds is 8. The van der Waals surface area contributed by atoms with Crippen molar-refractivity contribution >= 4 is 29.9 Å². The molecule has 8 rings (SSSR count). The summed E-state index contributed by atoms with van der Waals surface area (Å²) in [5.74, 6) is 2.30. The van der Waals surface area contributed by atoms with E-state index < -0.39 is 0 Å². The van der Waals surface area contributed by atoms with E-state index >= 15 is 0 Å². The first-order valence-electron chi connectivity index (χ1n) is 20.1. The predicted octanol–water partition coefficient (Wildman–Crippen LogP) is 8.05. The number of amides is 2. The number of urea groups is 1. The molecule has 1 aliphatic carbocycles. The molecule has 296 valence electrons.